The van der Waals surface area contributed by atoms with Crippen LogP contribution in [0, 0.1) is 10.1 Å². The van der Waals surface area contributed by atoms with Gasteiger partial charge < -0.3 is 20.1 Å². The molecule has 0 aliphatic carbocycles. The fourth-order valence-electron chi connectivity index (χ4n) is 3.01. The number of ether oxygens (including phenoxy) is 2. The number of nitro groups is 1. The van der Waals surface area contributed by atoms with Crippen molar-refractivity contribution in [1.82, 2.24) is 5.32 Å². The Balaban J connectivity index is 1.70. The molecule has 0 aliphatic heterocycles. The van der Waals surface area contributed by atoms with Crippen LogP contribution in [0.3, 0.4) is 0 Å². The van der Waals surface area contributed by atoms with Crippen molar-refractivity contribution in [3.8, 4) is 5.75 Å². The average molecular weight is 498 g/mol. The first-order valence-corrected chi connectivity index (χ1v) is 10.6. The summed E-state index contributed by atoms with van der Waals surface area (Å²) in [6.07, 6.45) is -1.37. The molecule has 2 N–H and O–H groups in total. The smallest absolute Gasteiger partial charge is 0.326 e. The molecule has 0 aromatic heterocycles. The third-order valence-corrected chi connectivity index (χ3v) is 5.05. The predicted molar refractivity (Wildman–Crippen MR) is 127 cm³/mol. The van der Waals surface area contributed by atoms with Crippen LogP contribution in [0.25, 0.3) is 0 Å². The lowest BCUT2D eigenvalue weighted by molar-refractivity contribution is -0.384. The maximum absolute atomic E-state index is 13.0. The minimum Gasteiger partial charge on any atom is -0.497 e. The third-order valence-electron chi connectivity index (χ3n) is 4.74. The van der Waals surface area contributed by atoms with Crippen molar-refractivity contribution in [1.29, 1.82) is 0 Å². The number of anilines is 1. The summed E-state index contributed by atoms with van der Waals surface area (Å²) in [4.78, 5) is 48.1. The summed E-state index contributed by atoms with van der Waals surface area (Å²) in [6, 6.07) is 18.1. The van der Waals surface area contributed by atoms with Gasteiger partial charge in [-0.2, -0.15) is 0 Å². The van der Waals surface area contributed by atoms with Crippen LogP contribution in [-0.4, -0.2) is 36.4 Å². The van der Waals surface area contributed by atoms with E-state index in [4.69, 9.17) is 21.1 Å². The lowest BCUT2D eigenvalue weighted by Crippen LogP contribution is -2.33. The van der Waals surface area contributed by atoms with Gasteiger partial charge in [0.15, 0.2) is 0 Å². The molecule has 3 aromatic carbocycles. The highest BCUT2D eigenvalue weighted by molar-refractivity contribution is 6.34. The Morgan fingerprint density at radius 2 is 1.77 bits per heavy atom. The van der Waals surface area contributed by atoms with Gasteiger partial charge in [0.25, 0.3) is 17.5 Å². The fraction of sp³-hybridized carbons (Fsp3) is 0.125. The SMILES string of the molecule is COc1cccc(C(=O)NCC(=O)OC(C(=O)Nc2ccc([N+](=O)[O-])cc2Cl)c2ccccc2)c1. The second-order valence-electron chi connectivity index (χ2n) is 7.11. The van der Waals surface area contributed by atoms with Gasteiger partial charge in [-0.25, -0.2) is 0 Å². The highest BCUT2D eigenvalue weighted by Gasteiger charge is 2.26. The number of methoxy groups -OCH3 is 1. The topological polar surface area (TPSA) is 137 Å². The molecule has 1 atom stereocenters. The number of carbonyl (C=O) groups is 3. The minimum atomic E-state index is -1.37. The van der Waals surface area contributed by atoms with E-state index in [9.17, 15) is 24.5 Å². The van der Waals surface area contributed by atoms with E-state index in [1.165, 1.54) is 25.3 Å². The molecule has 10 nitrogen and oxygen atoms in total. The highest BCUT2D eigenvalue weighted by Crippen LogP contribution is 2.28. The number of carbonyl (C=O) groups excluding carboxylic acids is 3. The monoisotopic (exact) mass is 497 g/mol. The number of halogens is 1. The number of amides is 2. The summed E-state index contributed by atoms with van der Waals surface area (Å²) < 4.78 is 10.4. The minimum absolute atomic E-state index is 0.0590. The van der Waals surface area contributed by atoms with E-state index >= 15 is 0 Å². The average Bonchev–Trinajstić information content (AvgIpc) is 2.87. The van der Waals surface area contributed by atoms with Crippen molar-refractivity contribution in [2.45, 2.75) is 6.10 Å². The zero-order valence-corrected chi connectivity index (χ0v) is 19.2. The molecule has 3 aromatic rings. The molecule has 0 saturated heterocycles. The normalized spacial score (nSPS) is 11.1. The van der Waals surface area contributed by atoms with Gasteiger partial charge in [-0.05, 0) is 24.3 Å². The molecule has 0 fully saturated rings. The zero-order valence-electron chi connectivity index (χ0n) is 18.4. The van der Waals surface area contributed by atoms with Gasteiger partial charge in [0, 0.05) is 23.3 Å². The molecular weight excluding hydrogens is 478 g/mol. The summed E-state index contributed by atoms with van der Waals surface area (Å²) in [5, 5.41) is 15.8. The molecule has 0 bridgehead atoms. The Kier molecular flexibility index (Phi) is 8.36. The van der Waals surface area contributed by atoms with Gasteiger partial charge in [0.2, 0.25) is 6.10 Å². The number of nitrogens with one attached hydrogen (secondary N) is 2. The van der Waals surface area contributed by atoms with Crippen LogP contribution < -0.4 is 15.4 Å². The Hall–Kier alpha value is -4.44. The number of hydrogen-bond donors (Lipinski definition) is 2. The number of benzene rings is 3. The van der Waals surface area contributed by atoms with E-state index in [2.05, 4.69) is 10.6 Å². The van der Waals surface area contributed by atoms with Crippen molar-refractivity contribution in [2.24, 2.45) is 0 Å². The number of esters is 1. The maximum atomic E-state index is 13.0. The Labute approximate surface area is 205 Å². The molecule has 35 heavy (non-hydrogen) atoms. The van der Waals surface area contributed by atoms with Crippen LogP contribution in [0.5, 0.6) is 5.75 Å². The van der Waals surface area contributed by atoms with Crippen LogP contribution in [-0.2, 0) is 14.3 Å². The number of nitrogens with zero attached hydrogens (tertiary/aromatic N) is 1. The first-order chi connectivity index (χ1) is 16.8. The zero-order chi connectivity index (χ0) is 25.4. The lowest BCUT2D eigenvalue weighted by Gasteiger charge is -2.18. The van der Waals surface area contributed by atoms with Crippen LogP contribution >= 0.6 is 11.6 Å². The quantitative estimate of drug-likeness (QED) is 0.260. The lowest BCUT2D eigenvalue weighted by atomic mass is 10.1. The molecule has 2 amide bonds. The third kappa shape index (κ3) is 6.78. The Bertz CT molecular complexity index is 1250. The van der Waals surface area contributed by atoms with Gasteiger partial charge >= 0.3 is 5.97 Å². The van der Waals surface area contributed by atoms with E-state index < -0.39 is 35.4 Å². The molecule has 0 spiro atoms. The van der Waals surface area contributed by atoms with Gasteiger partial charge in [0.1, 0.15) is 12.3 Å². The second-order valence-corrected chi connectivity index (χ2v) is 7.51. The van der Waals surface area contributed by atoms with Crippen molar-refractivity contribution in [3.63, 3.8) is 0 Å². The fourth-order valence-corrected chi connectivity index (χ4v) is 3.23. The van der Waals surface area contributed by atoms with E-state index in [1.807, 2.05) is 0 Å². The van der Waals surface area contributed by atoms with Gasteiger partial charge in [-0.15, -0.1) is 0 Å². The van der Waals surface area contributed by atoms with Gasteiger partial charge in [-0.3, -0.25) is 24.5 Å². The summed E-state index contributed by atoms with van der Waals surface area (Å²) in [5.41, 5.74) is 0.509. The standard InChI is InChI=1S/C24H20ClN3O7/c1-34-18-9-5-8-16(12-18)23(30)26-14-21(29)35-22(15-6-3-2-4-7-15)24(31)27-20-11-10-17(28(32)33)13-19(20)25/h2-13,22H,14H2,1H3,(H,26,30)(H,27,31). The molecule has 0 aliphatic rings. The Morgan fingerprint density at radius 1 is 1.03 bits per heavy atom. The van der Waals surface area contributed by atoms with Crippen LogP contribution in [0.4, 0.5) is 11.4 Å². The molecule has 11 heteroatoms. The number of non-ortho nitro benzene ring substituents is 1. The number of hydrogen-bond acceptors (Lipinski definition) is 7. The van der Waals surface area contributed by atoms with E-state index in [0.717, 1.165) is 6.07 Å². The van der Waals surface area contributed by atoms with E-state index in [0.29, 0.717) is 11.3 Å². The number of rotatable bonds is 9. The first kappa shape index (κ1) is 25.2. The molecule has 0 heterocycles. The van der Waals surface area contributed by atoms with Crippen molar-refractivity contribution >= 4 is 40.8 Å². The summed E-state index contributed by atoms with van der Waals surface area (Å²) in [5.74, 6) is -1.65. The largest absolute Gasteiger partial charge is 0.497 e. The molecule has 0 saturated carbocycles. The van der Waals surface area contributed by atoms with Crippen LogP contribution in [0.15, 0.2) is 72.8 Å². The molecule has 0 radical (unpaired) electrons. The Morgan fingerprint density at radius 3 is 2.43 bits per heavy atom. The second kappa shape index (κ2) is 11.6. The number of nitro benzene ring substituents is 1. The summed E-state index contributed by atoms with van der Waals surface area (Å²) in [6.45, 7) is -0.495. The summed E-state index contributed by atoms with van der Waals surface area (Å²) in [7, 11) is 1.47. The van der Waals surface area contributed by atoms with Crippen molar-refractivity contribution < 1.29 is 28.8 Å². The molecule has 1 unspecified atom stereocenters. The van der Waals surface area contributed by atoms with Crippen molar-refractivity contribution in [3.05, 3.63) is 99.1 Å². The van der Waals surface area contributed by atoms with Crippen LogP contribution in [0.1, 0.15) is 22.0 Å². The molecule has 3 rings (SSSR count). The maximum Gasteiger partial charge on any atom is 0.326 e. The summed E-state index contributed by atoms with van der Waals surface area (Å²) >= 11 is 6.06. The molecule has 180 valence electrons. The van der Waals surface area contributed by atoms with Gasteiger partial charge in [0.05, 0.1) is 22.7 Å². The van der Waals surface area contributed by atoms with Crippen LogP contribution in [0.2, 0.25) is 5.02 Å². The van der Waals surface area contributed by atoms with Crippen molar-refractivity contribution in [2.75, 3.05) is 19.0 Å². The van der Waals surface area contributed by atoms with E-state index in [-0.39, 0.29) is 22.0 Å². The first-order valence-electron chi connectivity index (χ1n) is 10.2. The molecular formula is C24H20ClN3O7. The van der Waals surface area contributed by atoms with Gasteiger partial charge in [-0.1, -0.05) is 48.0 Å². The predicted octanol–water partition coefficient (Wildman–Crippen LogP) is 3.91. The van der Waals surface area contributed by atoms with E-state index in [1.54, 1.807) is 48.5 Å². The highest BCUT2D eigenvalue weighted by atomic mass is 35.5.